The maximum atomic E-state index is 5.73. The molecule has 1 saturated carbocycles. The molecule has 4 nitrogen and oxygen atoms in total. The second kappa shape index (κ2) is 5.39. The van der Waals surface area contributed by atoms with Gasteiger partial charge in [-0.15, -0.1) is 10.2 Å². The van der Waals surface area contributed by atoms with Gasteiger partial charge in [-0.1, -0.05) is 6.92 Å². The van der Waals surface area contributed by atoms with Gasteiger partial charge in [0.05, 0.1) is 0 Å². The third-order valence-electron chi connectivity index (χ3n) is 3.42. The SMILES string of the molecule is CC(c1nnc(CCCNC(C)(C)C)o1)C1CC1. The molecular weight excluding hydrogens is 226 g/mol. The van der Waals surface area contributed by atoms with Gasteiger partial charge in [0.15, 0.2) is 0 Å². The van der Waals surface area contributed by atoms with Crippen molar-refractivity contribution in [2.24, 2.45) is 5.92 Å². The molecule has 1 heterocycles. The standard InChI is InChI=1S/C14H25N3O/c1-10(11-7-8-11)13-17-16-12(18-13)6-5-9-15-14(2,3)4/h10-11,15H,5-9H2,1-4H3. The van der Waals surface area contributed by atoms with Crippen LogP contribution in [0.4, 0.5) is 0 Å². The molecule has 1 atom stereocenters. The first-order valence-corrected chi connectivity index (χ1v) is 7.03. The van der Waals surface area contributed by atoms with Crippen molar-refractivity contribution in [3.8, 4) is 0 Å². The lowest BCUT2D eigenvalue weighted by Crippen LogP contribution is -2.36. The van der Waals surface area contributed by atoms with Crippen molar-refractivity contribution in [3.05, 3.63) is 11.8 Å². The van der Waals surface area contributed by atoms with Crippen LogP contribution in [0.5, 0.6) is 0 Å². The lowest BCUT2D eigenvalue weighted by atomic mass is 10.1. The predicted molar refractivity (Wildman–Crippen MR) is 71.5 cm³/mol. The van der Waals surface area contributed by atoms with Crippen molar-refractivity contribution in [2.75, 3.05) is 6.54 Å². The van der Waals surface area contributed by atoms with Crippen LogP contribution >= 0.6 is 0 Å². The van der Waals surface area contributed by atoms with E-state index in [1.165, 1.54) is 12.8 Å². The van der Waals surface area contributed by atoms with Gasteiger partial charge in [-0.3, -0.25) is 0 Å². The fourth-order valence-corrected chi connectivity index (χ4v) is 2.05. The first-order chi connectivity index (χ1) is 8.46. The molecule has 1 aromatic heterocycles. The third kappa shape index (κ3) is 4.09. The van der Waals surface area contributed by atoms with Crippen LogP contribution in [0.3, 0.4) is 0 Å². The molecule has 1 N–H and O–H groups in total. The summed E-state index contributed by atoms with van der Waals surface area (Å²) in [5.41, 5.74) is 0.181. The Bertz CT molecular complexity index is 377. The van der Waals surface area contributed by atoms with E-state index < -0.39 is 0 Å². The zero-order valence-corrected chi connectivity index (χ0v) is 12.0. The molecule has 0 radical (unpaired) electrons. The number of nitrogens with one attached hydrogen (secondary N) is 1. The molecule has 1 aliphatic carbocycles. The van der Waals surface area contributed by atoms with Gasteiger partial charge in [0.2, 0.25) is 11.8 Å². The fourth-order valence-electron chi connectivity index (χ4n) is 2.05. The number of aromatic nitrogens is 2. The number of nitrogens with zero attached hydrogens (tertiary/aromatic N) is 2. The van der Waals surface area contributed by atoms with Crippen LogP contribution in [0, 0.1) is 5.92 Å². The minimum absolute atomic E-state index is 0.181. The maximum absolute atomic E-state index is 5.73. The number of hydrogen-bond donors (Lipinski definition) is 1. The zero-order valence-electron chi connectivity index (χ0n) is 12.0. The van der Waals surface area contributed by atoms with Gasteiger partial charge in [0, 0.05) is 17.9 Å². The van der Waals surface area contributed by atoms with Gasteiger partial charge in [-0.2, -0.15) is 0 Å². The average Bonchev–Trinajstić information content (AvgIpc) is 3.02. The van der Waals surface area contributed by atoms with E-state index in [0.29, 0.717) is 5.92 Å². The molecular formula is C14H25N3O. The topological polar surface area (TPSA) is 51.0 Å². The highest BCUT2D eigenvalue weighted by atomic mass is 16.4. The molecule has 1 fully saturated rings. The average molecular weight is 251 g/mol. The fraction of sp³-hybridized carbons (Fsp3) is 0.857. The lowest BCUT2D eigenvalue weighted by molar-refractivity contribution is 0.390. The normalized spacial score (nSPS) is 18.0. The quantitative estimate of drug-likeness (QED) is 0.790. The second-order valence-electron chi connectivity index (χ2n) is 6.44. The lowest BCUT2D eigenvalue weighted by Gasteiger charge is -2.19. The van der Waals surface area contributed by atoms with E-state index in [2.05, 4.69) is 43.2 Å². The molecule has 0 aromatic carbocycles. The third-order valence-corrected chi connectivity index (χ3v) is 3.42. The van der Waals surface area contributed by atoms with E-state index in [1.807, 2.05) is 0 Å². The van der Waals surface area contributed by atoms with Crippen LogP contribution in [0.25, 0.3) is 0 Å². The van der Waals surface area contributed by atoms with E-state index in [-0.39, 0.29) is 5.54 Å². The number of hydrogen-bond acceptors (Lipinski definition) is 4. The molecule has 0 bridgehead atoms. The molecule has 1 aliphatic rings. The van der Waals surface area contributed by atoms with E-state index >= 15 is 0 Å². The monoisotopic (exact) mass is 251 g/mol. The summed E-state index contributed by atoms with van der Waals surface area (Å²) in [5.74, 6) is 2.84. The summed E-state index contributed by atoms with van der Waals surface area (Å²) in [5, 5.41) is 11.8. The van der Waals surface area contributed by atoms with Crippen molar-refractivity contribution in [1.82, 2.24) is 15.5 Å². The minimum Gasteiger partial charge on any atom is -0.425 e. The first-order valence-electron chi connectivity index (χ1n) is 7.03. The van der Waals surface area contributed by atoms with Crippen LogP contribution in [0.2, 0.25) is 0 Å². The van der Waals surface area contributed by atoms with E-state index in [9.17, 15) is 0 Å². The van der Waals surface area contributed by atoms with E-state index in [0.717, 1.165) is 37.1 Å². The highest BCUT2D eigenvalue weighted by Crippen LogP contribution is 2.41. The molecule has 18 heavy (non-hydrogen) atoms. The molecule has 0 saturated heterocycles. The summed E-state index contributed by atoms with van der Waals surface area (Å²) in [6, 6.07) is 0. The second-order valence-corrected chi connectivity index (χ2v) is 6.44. The Hall–Kier alpha value is -0.900. The summed E-state index contributed by atoms with van der Waals surface area (Å²) < 4.78 is 5.73. The Labute approximate surface area is 110 Å². The number of aryl methyl sites for hydroxylation is 1. The van der Waals surface area contributed by atoms with E-state index in [4.69, 9.17) is 4.42 Å². The molecule has 102 valence electrons. The van der Waals surface area contributed by atoms with Crippen molar-refractivity contribution >= 4 is 0 Å². The van der Waals surface area contributed by atoms with Gasteiger partial charge in [-0.25, -0.2) is 0 Å². The van der Waals surface area contributed by atoms with Crippen LogP contribution in [0.1, 0.15) is 64.7 Å². The molecule has 2 rings (SSSR count). The van der Waals surface area contributed by atoms with Crippen LogP contribution in [-0.4, -0.2) is 22.3 Å². The zero-order chi connectivity index (χ0) is 13.2. The van der Waals surface area contributed by atoms with Crippen molar-refractivity contribution in [3.63, 3.8) is 0 Å². The molecule has 4 heteroatoms. The van der Waals surface area contributed by atoms with Crippen LogP contribution in [-0.2, 0) is 6.42 Å². The Morgan fingerprint density at radius 2 is 2.06 bits per heavy atom. The molecule has 0 aliphatic heterocycles. The highest BCUT2D eigenvalue weighted by molar-refractivity contribution is 4.97. The van der Waals surface area contributed by atoms with Gasteiger partial charge in [0.1, 0.15) is 0 Å². The van der Waals surface area contributed by atoms with Crippen molar-refractivity contribution in [2.45, 2.75) is 64.8 Å². The maximum Gasteiger partial charge on any atom is 0.219 e. The Morgan fingerprint density at radius 3 is 2.67 bits per heavy atom. The highest BCUT2D eigenvalue weighted by Gasteiger charge is 2.32. The summed E-state index contributed by atoms with van der Waals surface area (Å²) in [6.45, 7) is 9.70. The Kier molecular flexibility index (Phi) is 4.05. The molecule has 0 amide bonds. The van der Waals surface area contributed by atoms with Crippen molar-refractivity contribution < 1.29 is 4.42 Å². The molecule has 0 spiro atoms. The van der Waals surface area contributed by atoms with Gasteiger partial charge < -0.3 is 9.73 Å². The largest absolute Gasteiger partial charge is 0.425 e. The minimum atomic E-state index is 0.181. The van der Waals surface area contributed by atoms with Crippen LogP contribution in [0.15, 0.2) is 4.42 Å². The summed E-state index contributed by atoms with van der Waals surface area (Å²) in [6.07, 6.45) is 4.53. The summed E-state index contributed by atoms with van der Waals surface area (Å²) in [4.78, 5) is 0. The molecule has 1 aromatic rings. The summed E-state index contributed by atoms with van der Waals surface area (Å²) >= 11 is 0. The predicted octanol–water partition coefficient (Wildman–Crippen LogP) is 2.90. The van der Waals surface area contributed by atoms with Gasteiger partial charge >= 0.3 is 0 Å². The van der Waals surface area contributed by atoms with Crippen molar-refractivity contribution in [1.29, 1.82) is 0 Å². The molecule has 1 unspecified atom stereocenters. The smallest absolute Gasteiger partial charge is 0.219 e. The Balaban J connectivity index is 1.73. The van der Waals surface area contributed by atoms with Gasteiger partial charge in [0.25, 0.3) is 0 Å². The number of rotatable bonds is 6. The summed E-state index contributed by atoms with van der Waals surface area (Å²) in [7, 11) is 0. The first kappa shape index (κ1) is 13.5. The van der Waals surface area contributed by atoms with Crippen LogP contribution < -0.4 is 5.32 Å². The Morgan fingerprint density at radius 1 is 1.33 bits per heavy atom. The van der Waals surface area contributed by atoms with Gasteiger partial charge in [-0.05, 0) is 52.5 Å². The van der Waals surface area contributed by atoms with E-state index in [1.54, 1.807) is 0 Å².